The number of carbonyl (C=O) groups is 3. The van der Waals surface area contributed by atoms with Crippen molar-refractivity contribution in [3.63, 3.8) is 0 Å². The number of hydrogen-bond acceptors (Lipinski definition) is 10. The van der Waals surface area contributed by atoms with E-state index in [0.29, 0.717) is 12.8 Å². The van der Waals surface area contributed by atoms with Crippen LogP contribution in [0.4, 0.5) is 0 Å². The number of rotatable bonds is 49. The summed E-state index contributed by atoms with van der Waals surface area (Å²) in [5, 5.41) is 40.0. The number of aliphatic hydroxyl groups excluding tert-OH is 3. The highest BCUT2D eigenvalue weighted by molar-refractivity contribution is 5.73. The Morgan fingerprint density at radius 2 is 0.791 bits per heavy atom. The molecule has 0 spiro atoms. The van der Waals surface area contributed by atoms with Gasteiger partial charge in [-0.2, -0.15) is 0 Å². The van der Waals surface area contributed by atoms with Crippen LogP contribution in [-0.4, -0.2) is 88.4 Å². The third kappa shape index (κ3) is 37.5. The average molecular weight is 953 g/mol. The third-order valence-electron chi connectivity index (χ3n) is 13.4. The van der Waals surface area contributed by atoms with Crippen molar-refractivity contribution in [2.75, 3.05) is 13.2 Å². The lowest BCUT2D eigenvalue weighted by Gasteiger charge is -2.38. The lowest BCUT2D eigenvalue weighted by atomic mass is 9.99. The summed E-state index contributed by atoms with van der Waals surface area (Å²) in [6.07, 6.45) is 44.1. The summed E-state index contributed by atoms with van der Waals surface area (Å²) in [6.45, 7) is 3.87. The minimum atomic E-state index is -1.86. The van der Waals surface area contributed by atoms with Gasteiger partial charge in [0.2, 0.25) is 0 Å². The largest absolute Gasteiger partial charge is 0.479 e. The molecule has 0 radical (unpaired) electrons. The van der Waals surface area contributed by atoms with E-state index in [9.17, 15) is 34.8 Å². The minimum absolute atomic E-state index is 0.189. The van der Waals surface area contributed by atoms with Crippen LogP contribution in [0, 0.1) is 0 Å². The second kappa shape index (κ2) is 46.3. The van der Waals surface area contributed by atoms with Gasteiger partial charge >= 0.3 is 17.9 Å². The van der Waals surface area contributed by atoms with Crippen LogP contribution in [0.1, 0.15) is 277 Å². The summed E-state index contributed by atoms with van der Waals surface area (Å²) < 4.78 is 21.9. The van der Waals surface area contributed by atoms with E-state index in [4.69, 9.17) is 18.9 Å². The summed E-state index contributed by atoms with van der Waals surface area (Å²) in [5.74, 6) is -2.43. The fourth-order valence-electron chi connectivity index (χ4n) is 8.94. The van der Waals surface area contributed by atoms with Crippen molar-refractivity contribution in [2.45, 2.75) is 314 Å². The van der Waals surface area contributed by atoms with E-state index in [1.165, 1.54) is 193 Å². The molecule has 0 amide bonds. The molecule has 11 heteroatoms. The smallest absolute Gasteiger partial charge is 0.335 e. The third-order valence-corrected chi connectivity index (χ3v) is 13.4. The summed E-state index contributed by atoms with van der Waals surface area (Å²) in [6, 6.07) is 0. The lowest BCUT2D eigenvalue weighted by Crippen LogP contribution is -2.60. The van der Waals surface area contributed by atoms with Gasteiger partial charge < -0.3 is 39.4 Å². The van der Waals surface area contributed by atoms with E-state index >= 15 is 0 Å². The summed E-state index contributed by atoms with van der Waals surface area (Å²) >= 11 is 0. The zero-order valence-corrected chi connectivity index (χ0v) is 43.2. The van der Waals surface area contributed by atoms with Crippen LogP contribution in [0.2, 0.25) is 0 Å². The second-order valence-corrected chi connectivity index (χ2v) is 19.8. The molecule has 1 aliphatic rings. The summed E-state index contributed by atoms with van der Waals surface area (Å²) in [4.78, 5) is 37.1. The van der Waals surface area contributed by atoms with Gasteiger partial charge in [-0.05, 0) is 38.5 Å². The number of aliphatic hydroxyl groups is 3. The van der Waals surface area contributed by atoms with Crippen molar-refractivity contribution in [2.24, 2.45) is 0 Å². The highest BCUT2D eigenvalue weighted by Gasteiger charge is 2.47. The number of aliphatic carboxylic acids is 1. The first-order chi connectivity index (χ1) is 32.7. The van der Waals surface area contributed by atoms with E-state index < -0.39 is 54.7 Å². The fraction of sp³-hybridized carbons (Fsp3) is 0.911. The maximum Gasteiger partial charge on any atom is 0.335 e. The molecule has 4 N–H and O–H groups in total. The van der Waals surface area contributed by atoms with Gasteiger partial charge in [-0.15, -0.1) is 0 Å². The Bertz CT molecular complexity index is 1160. The van der Waals surface area contributed by atoms with Crippen molar-refractivity contribution in [3.8, 4) is 0 Å². The lowest BCUT2D eigenvalue weighted by molar-refractivity contribution is -0.298. The number of unbranched alkanes of at least 4 members (excludes halogenated alkanes) is 36. The van der Waals surface area contributed by atoms with Crippen LogP contribution in [-0.2, 0) is 33.3 Å². The molecule has 6 unspecified atom stereocenters. The predicted molar refractivity (Wildman–Crippen MR) is 271 cm³/mol. The Balaban J connectivity index is 2.23. The van der Waals surface area contributed by atoms with Gasteiger partial charge in [-0.1, -0.05) is 238 Å². The maximum absolute atomic E-state index is 12.9. The Kier molecular flexibility index (Phi) is 43.5. The van der Waals surface area contributed by atoms with Gasteiger partial charge in [0.25, 0.3) is 0 Å². The molecule has 0 aromatic rings. The van der Waals surface area contributed by atoms with E-state index in [2.05, 4.69) is 26.0 Å². The standard InChI is InChI=1S/C56H104O11/c1-3-5-7-9-11-13-15-17-19-21-23-24-25-26-27-29-31-33-35-37-39-41-43-45-50(58)66-48(47-65-56-53(61)51(59)52(60)54(67-56)55(62)63)46-64-49(57)44-42-40-38-36-34-32-30-28-22-20-18-16-14-12-10-8-6-4-2/h20,22,48,51-54,56,59-61H,3-19,21,23-47H2,1-2H3,(H,62,63)/b22-20-. The summed E-state index contributed by atoms with van der Waals surface area (Å²) in [7, 11) is 0. The number of allylic oxidation sites excluding steroid dienone is 2. The van der Waals surface area contributed by atoms with E-state index in [1.54, 1.807) is 0 Å². The van der Waals surface area contributed by atoms with Crippen molar-refractivity contribution in [1.82, 2.24) is 0 Å². The molecule has 1 aliphatic heterocycles. The van der Waals surface area contributed by atoms with Crippen LogP contribution in [0.15, 0.2) is 12.2 Å². The van der Waals surface area contributed by atoms with E-state index in [-0.39, 0.29) is 26.1 Å². The van der Waals surface area contributed by atoms with Crippen molar-refractivity contribution in [3.05, 3.63) is 12.2 Å². The molecule has 6 atom stereocenters. The molecular formula is C56H104O11. The first kappa shape index (κ1) is 63.0. The zero-order chi connectivity index (χ0) is 48.8. The van der Waals surface area contributed by atoms with Gasteiger partial charge in [0.05, 0.1) is 6.61 Å². The number of carbonyl (C=O) groups excluding carboxylic acids is 2. The molecule has 394 valence electrons. The molecule has 1 rings (SSSR count). The van der Waals surface area contributed by atoms with Crippen molar-refractivity contribution in [1.29, 1.82) is 0 Å². The number of carboxylic acids is 1. The van der Waals surface area contributed by atoms with Crippen LogP contribution in [0.3, 0.4) is 0 Å². The molecule has 11 nitrogen and oxygen atoms in total. The highest BCUT2D eigenvalue weighted by Crippen LogP contribution is 2.23. The molecule has 0 aliphatic carbocycles. The average Bonchev–Trinajstić information content (AvgIpc) is 3.31. The molecule has 0 aromatic carbocycles. The second-order valence-electron chi connectivity index (χ2n) is 19.8. The molecule has 1 heterocycles. The highest BCUT2D eigenvalue weighted by atomic mass is 16.7. The Morgan fingerprint density at radius 1 is 0.448 bits per heavy atom. The van der Waals surface area contributed by atoms with E-state index in [1.807, 2.05) is 0 Å². The van der Waals surface area contributed by atoms with Gasteiger partial charge in [0.15, 0.2) is 18.5 Å². The van der Waals surface area contributed by atoms with E-state index in [0.717, 1.165) is 44.9 Å². The molecular weight excluding hydrogens is 849 g/mol. The van der Waals surface area contributed by atoms with Gasteiger partial charge in [0.1, 0.15) is 24.9 Å². The fourth-order valence-corrected chi connectivity index (χ4v) is 8.94. The monoisotopic (exact) mass is 953 g/mol. The SMILES string of the molecule is CCCCCCCCC/C=C\CCCCCCCCCC(=O)OCC(COC1OC(C(=O)O)C(O)C(O)C1O)OC(=O)CCCCCCCCCCCCCCCCCCCCCCCCC. The predicted octanol–water partition coefficient (Wildman–Crippen LogP) is 13.9. The van der Waals surface area contributed by atoms with Crippen LogP contribution in [0.5, 0.6) is 0 Å². The molecule has 1 fully saturated rings. The minimum Gasteiger partial charge on any atom is -0.479 e. The Morgan fingerprint density at radius 3 is 1.16 bits per heavy atom. The number of carboxylic acid groups (broad SMARTS) is 1. The molecule has 0 saturated carbocycles. The Labute approximate surface area is 409 Å². The normalized spacial score (nSPS) is 19.0. The first-order valence-corrected chi connectivity index (χ1v) is 28.2. The number of esters is 2. The zero-order valence-electron chi connectivity index (χ0n) is 43.2. The Hall–Kier alpha value is -2.05. The van der Waals surface area contributed by atoms with Crippen LogP contribution < -0.4 is 0 Å². The van der Waals surface area contributed by atoms with Crippen LogP contribution in [0.25, 0.3) is 0 Å². The quantitative estimate of drug-likeness (QED) is 0.0260. The topological polar surface area (TPSA) is 169 Å². The van der Waals surface area contributed by atoms with Crippen molar-refractivity contribution >= 4 is 17.9 Å². The molecule has 1 saturated heterocycles. The molecule has 67 heavy (non-hydrogen) atoms. The van der Waals surface area contributed by atoms with Gasteiger partial charge in [-0.3, -0.25) is 9.59 Å². The van der Waals surface area contributed by atoms with Crippen LogP contribution >= 0.6 is 0 Å². The van der Waals surface area contributed by atoms with Gasteiger partial charge in [-0.25, -0.2) is 4.79 Å². The molecule has 0 bridgehead atoms. The number of ether oxygens (including phenoxy) is 4. The van der Waals surface area contributed by atoms with Crippen molar-refractivity contribution < 1.29 is 53.8 Å². The summed E-state index contributed by atoms with van der Waals surface area (Å²) in [5.41, 5.74) is 0. The number of hydrogen-bond donors (Lipinski definition) is 4. The maximum atomic E-state index is 12.9. The first-order valence-electron chi connectivity index (χ1n) is 28.2. The molecule has 0 aromatic heterocycles. The van der Waals surface area contributed by atoms with Gasteiger partial charge in [0, 0.05) is 12.8 Å².